The Hall–Kier alpha value is -1.46. The number of hydrogen-bond donors (Lipinski definition) is 1. The van der Waals surface area contributed by atoms with Crippen LogP contribution in [0.15, 0.2) is 54.6 Å². The fraction of sp³-hybridized carbons (Fsp3) is 0.478. The Bertz CT molecular complexity index is 714. The first-order chi connectivity index (χ1) is 12.9. The van der Waals surface area contributed by atoms with Gasteiger partial charge in [-0.3, -0.25) is 4.90 Å². The largest absolute Gasteiger partial charge is 1.00 e. The molecular formula is C23H32Cl2N2O2-2. The highest BCUT2D eigenvalue weighted by Crippen LogP contribution is 2.31. The van der Waals surface area contributed by atoms with E-state index in [1.807, 2.05) is 24.3 Å². The number of ether oxygens (including phenoxy) is 1. The predicted molar refractivity (Wildman–Crippen MR) is 112 cm³/mol. The molecule has 0 saturated carbocycles. The summed E-state index contributed by atoms with van der Waals surface area (Å²) in [6, 6.07) is 18.6. The highest BCUT2D eigenvalue weighted by molar-refractivity contribution is 5.46. The zero-order valence-corrected chi connectivity index (χ0v) is 19.0. The molecule has 6 heteroatoms. The molecule has 2 aromatic rings. The van der Waals surface area contributed by atoms with Crippen LogP contribution in [-0.2, 0) is 5.41 Å². The SMILES string of the molecule is CC(C)(C)c1ccccc1OCC(O)CN1CCN(c2ccccc2)CC1.[Cl-].[Cl-]. The molecule has 0 bridgehead atoms. The van der Waals surface area contributed by atoms with Crippen molar-refractivity contribution in [2.45, 2.75) is 32.3 Å². The van der Waals surface area contributed by atoms with E-state index in [2.05, 4.69) is 60.9 Å². The van der Waals surface area contributed by atoms with E-state index in [1.165, 1.54) is 11.3 Å². The second kappa shape index (κ2) is 11.7. The predicted octanol–water partition coefficient (Wildman–Crippen LogP) is -2.45. The second-order valence-corrected chi connectivity index (χ2v) is 8.33. The van der Waals surface area contributed by atoms with Gasteiger partial charge in [0.2, 0.25) is 0 Å². The molecule has 0 aliphatic carbocycles. The number of anilines is 1. The lowest BCUT2D eigenvalue weighted by Gasteiger charge is -2.36. The maximum atomic E-state index is 10.5. The van der Waals surface area contributed by atoms with Gasteiger partial charge in [0.05, 0.1) is 0 Å². The molecule has 0 spiro atoms. The van der Waals surface area contributed by atoms with Crippen LogP contribution in [0.25, 0.3) is 0 Å². The smallest absolute Gasteiger partial charge is 0.123 e. The molecule has 0 amide bonds. The van der Waals surface area contributed by atoms with Gasteiger partial charge in [-0.25, -0.2) is 0 Å². The van der Waals surface area contributed by atoms with Gasteiger partial charge in [-0.15, -0.1) is 0 Å². The molecule has 1 aliphatic rings. The highest BCUT2D eigenvalue weighted by atomic mass is 35.5. The molecule has 162 valence electrons. The van der Waals surface area contributed by atoms with Crippen LogP contribution in [0, 0.1) is 0 Å². The molecule has 0 aromatic heterocycles. The molecule has 2 aromatic carbocycles. The maximum absolute atomic E-state index is 10.5. The van der Waals surface area contributed by atoms with Crippen LogP contribution >= 0.6 is 0 Å². The fourth-order valence-electron chi connectivity index (χ4n) is 3.58. The first-order valence-electron chi connectivity index (χ1n) is 9.86. The van der Waals surface area contributed by atoms with E-state index in [1.54, 1.807) is 0 Å². The second-order valence-electron chi connectivity index (χ2n) is 8.33. The third kappa shape index (κ3) is 7.38. The van der Waals surface area contributed by atoms with Crippen LogP contribution in [0.1, 0.15) is 26.3 Å². The van der Waals surface area contributed by atoms with Gasteiger partial charge in [-0.2, -0.15) is 0 Å². The number of para-hydroxylation sites is 2. The van der Waals surface area contributed by atoms with Crippen LogP contribution in [-0.4, -0.2) is 55.4 Å². The Morgan fingerprint density at radius 2 is 1.48 bits per heavy atom. The average molecular weight is 439 g/mol. The van der Waals surface area contributed by atoms with Crippen molar-refractivity contribution in [3.8, 4) is 5.75 Å². The van der Waals surface area contributed by atoms with Gasteiger partial charge in [-0.05, 0) is 29.2 Å². The van der Waals surface area contributed by atoms with Crippen molar-refractivity contribution in [2.24, 2.45) is 0 Å². The summed E-state index contributed by atoms with van der Waals surface area (Å²) in [5.41, 5.74) is 2.48. The summed E-state index contributed by atoms with van der Waals surface area (Å²) in [5, 5.41) is 10.5. The zero-order chi connectivity index (χ0) is 19.3. The number of hydrogen-bond acceptors (Lipinski definition) is 4. The molecule has 1 unspecified atom stereocenters. The topological polar surface area (TPSA) is 35.9 Å². The Kier molecular flexibility index (Phi) is 10.3. The van der Waals surface area contributed by atoms with Gasteiger partial charge in [0.15, 0.2) is 0 Å². The number of rotatable bonds is 6. The molecule has 1 fully saturated rings. The van der Waals surface area contributed by atoms with Crippen LogP contribution in [0.5, 0.6) is 5.75 Å². The quantitative estimate of drug-likeness (QED) is 0.543. The molecule has 1 aliphatic heterocycles. The standard InChI is InChI=1S/C23H32N2O2.2ClH/c1-23(2,3)21-11-7-8-12-22(21)27-18-20(26)17-24-13-15-25(16-14-24)19-9-5-4-6-10-19;;/h4-12,20,26H,13-18H2,1-3H3;2*1H/p-2. The molecule has 1 N–H and O–H groups in total. The van der Waals surface area contributed by atoms with E-state index in [0.717, 1.165) is 31.9 Å². The number of aliphatic hydroxyl groups is 1. The molecule has 1 heterocycles. The first kappa shape index (κ1) is 25.6. The third-order valence-electron chi connectivity index (χ3n) is 5.09. The number of aliphatic hydroxyl groups excluding tert-OH is 1. The molecule has 3 rings (SSSR count). The number of nitrogens with zero attached hydrogens (tertiary/aromatic N) is 2. The number of β-amino-alcohol motifs (C(OH)–C–C–N with tert-alkyl or cyclic N) is 1. The molecule has 0 radical (unpaired) electrons. The van der Waals surface area contributed by atoms with E-state index in [9.17, 15) is 5.11 Å². The molecule has 29 heavy (non-hydrogen) atoms. The molecule has 1 atom stereocenters. The number of halogens is 2. The maximum Gasteiger partial charge on any atom is 0.123 e. The van der Waals surface area contributed by atoms with Crippen LogP contribution in [0.4, 0.5) is 5.69 Å². The van der Waals surface area contributed by atoms with E-state index < -0.39 is 6.10 Å². The lowest BCUT2D eigenvalue weighted by molar-refractivity contribution is -0.00100. The Morgan fingerprint density at radius 3 is 2.10 bits per heavy atom. The van der Waals surface area contributed by atoms with Crippen molar-refractivity contribution < 1.29 is 34.7 Å². The van der Waals surface area contributed by atoms with Crippen molar-refractivity contribution in [3.63, 3.8) is 0 Å². The lowest BCUT2D eigenvalue weighted by atomic mass is 9.86. The van der Waals surface area contributed by atoms with Crippen molar-refractivity contribution in [1.29, 1.82) is 0 Å². The van der Waals surface area contributed by atoms with Gasteiger partial charge < -0.3 is 39.6 Å². The summed E-state index contributed by atoms with van der Waals surface area (Å²) in [5.74, 6) is 0.873. The third-order valence-corrected chi connectivity index (χ3v) is 5.09. The van der Waals surface area contributed by atoms with E-state index in [-0.39, 0.29) is 30.2 Å². The van der Waals surface area contributed by atoms with Gasteiger partial charge in [0, 0.05) is 38.4 Å². The number of benzene rings is 2. The molecular weight excluding hydrogens is 407 g/mol. The number of piperazine rings is 1. The van der Waals surface area contributed by atoms with Crippen molar-refractivity contribution in [3.05, 3.63) is 60.2 Å². The summed E-state index contributed by atoms with van der Waals surface area (Å²) < 4.78 is 5.97. The van der Waals surface area contributed by atoms with Gasteiger partial charge in [0.25, 0.3) is 0 Å². The molecule has 1 saturated heterocycles. The van der Waals surface area contributed by atoms with Gasteiger partial charge in [0.1, 0.15) is 18.5 Å². The minimum absolute atomic E-state index is 0. The summed E-state index contributed by atoms with van der Waals surface area (Å²) >= 11 is 0. The zero-order valence-electron chi connectivity index (χ0n) is 17.5. The van der Waals surface area contributed by atoms with Crippen molar-refractivity contribution in [1.82, 2.24) is 4.90 Å². The summed E-state index contributed by atoms with van der Waals surface area (Å²) in [7, 11) is 0. The van der Waals surface area contributed by atoms with Crippen LogP contribution in [0.2, 0.25) is 0 Å². The summed E-state index contributed by atoms with van der Waals surface area (Å²) in [4.78, 5) is 4.72. The van der Waals surface area contributed by atoms with Crippen LogP contribution < -0.4 is 34.5 Å². The Balaban J connectivity index is 0.00000210. The minimum Gasteiger partial charge on any atom is -1.00 e. The summed E-state index contributed by atoms with van der Waals surface area (Å²) in [6.45, 7) is 11.4. The minimum atomic E-state index is -0.485. The Labute approximate surface area is 187 Å². The van der Waals surface area contributed by atoms with Crippen LogP contribution in [0.3, 0.4) is 0 Å². The lowest BCUT2D eigenvalue weighted by Crippen LogP contribution is -3.00. The summed E-state index contributed by atoms with van der Waals surface area (Å²) in [6.07, 6.45) is -0.485. The van der Waals surface area contributed by atoms with Gasteiger partial charge in [-0.1, -0.05) is 57.2 Å². The van der Waals surface area contributed by atoms with E-state index in [0.29, 0.717) is 13.2 Å². The van der Waals surface area contributed by atoms with Crippen molar-refractivity contribution in [2.75, 3.05) is 44.2 Å². The van der Waals surface area contributed by atoms with Crippen molar-refractivity contribution >= 4 is 5.69 Å². The van der Waals surface area contributed by atoms with E-state index >= 15 is 0 Å². The average Bonchev–Trinajstić information content (AvgIpc) is 2.67. The van der Waals surface area contributed by atoms with E-state index in [4.69, 9.17) is 4.74 Å². The fourth-order valence-corrected chi connectivity index (χ4v) is 3.58. The normalized spacial score (nSPS) is 15.8. The molecule has 4 nitrogen and oxygen atoms in total. The monoisotopic (exact) mass is 438 g/mol. The highest BCUT2D eigenvalue weighted by Gasteiger charge is 2.21. The first-order valence-corrected chi connectivity index (χ1v) is 9.86. The van der Waals surface area contributed by atoms with Gasteiger partial charge >= 0.3 is 0 Å². The Morgan fingerprint density at radius 1 is 0.897 bits per heavy atom.